The van der Waals surface area contributed by atoms with Crippen molar-refractivity contribution < 1.29 is 23.0 Å². The molecular formula is C24H24BrF2N3O4. The number of amides is 1. The number of methoxy groups -OCH3 is 1. The van der Waals surface area contributed by atoms with Crippen molar-refractivity contribution in [3.63, 3.8) is 0 Å². The molecule has 180 valence electrons. The molecule has 0 saturated heterocycles. The summed E-state index contributed by atoms with van der Waals surface area (Å²) in [6.07, 6.45) is 0. The average molecular weight is 536 g/mol. The fraction of sp³-hybridized carbons (Fsp3) is 0.292. The Balaban J connectivity index is 1.73. The molecular weight excluding hydrogens is 512 g/mol. The molecule has 0 atom stereocenters. The Morgan fingerprint density at radius 2 is 1.88 bits per heavy atom. The number of carbonyl (C=O) groups excluding carboxylic acids is 1. The number of hydrogen-bond donors (Lipinski definition) is 0. The Morgan fingerprint density at radius 1 is 1.18 bits per heavy atom. The van der Waals surface area contributed by atoms with Gasteiger partial charge in [0.1, 0.15) is 28.5 Å². The quantitative estimate of drug-likeness (QED) is 0.415. The van der Waals surface area contributed by atoms with Gasteiger partial charge in [0, 0.05) is 37.9 Å². The molecule has 0 radical (unpaired) electrons. The van der Waals surface area contributed by atoms with E-state index in [-0.39, 0.29) is 40.5 Å². The molecule has 0 aliphatic heterocycles. The zero-order valence-electron chi connectivity index (χ0n) is 19.0. The van der Waals surface area contributed by atoms with Gasteiger partial charge in [0.25, 0.3) is 11.5 Å². The first-order chi connectivity index (χ1) is 16.2. The number of likely N-dealkylation sites (N-methyl/N-ethyl adjacent to an activating group) is 1. The summed E-state index contributed by atoms with van der Waals surface area (Å²) >= 11 is 3.21. The lowest BCUT2D eigenvalue weighted by molar-refractivity contribution is 0.0744. The number of aryl methyl sites for hydroxylation is 1. The predicted molar refractivity (Wildman–Crippen MR) is 126 cm³/mol. The number of benzene rings is 2. The lowest BCUT2D eigenvalue weighted by Crippen LogP contribution is -2.30. The second-order valence-corrected chi connectivity index (χ2v) is 8.40. The van der Waals surface area contributed by atoms with E-state index in [9.17, 15) is 18.4 Å². The van der Waals surface area contributed by atoms with Crippen LogP contribution in [-0.2, 0) is 17.9 Å². The fourth-order valence-corrected chi connectivity index (χ4v) is 3.58. The number of ether oxygens (including phenoxy) is 2. The largest absolute Gasteiger partial charge is 0.472 e. The molecule has 0 N–H and O–H groups in total. The van der Waals surface area contributed by atoms with Crippen LogP contribution in [0.15, 0.2) is 51.7 Å². The number of rotatable bonds is 9. The Labute approximate surface area is 204 Å². The van der Waals surface area contributed by atoms with E-state index in [4.69, 9.17) is 9.47 Å². The Morgan fingerprint density at radius 3 is 2.53 bits per heavy atom. The van der Waals surface area contributed by atoms with E-state index in [0.717, 1.165) is 17.7 Å². The standard InChI is InChI=1S/C24H24BrF2N3O4/c1-15-28-22(34-14-18-8-9-19(26)12-20(18)27)21(25)24(32)30(15)13-16-4-6-17(7-5-16)23(31)29(2)10-11-33-3/h4-9,12H,10-11,13-14H2,1-3H3. The SMILES string of the molecule is COCCN(C)C(=O)c1ccc(Cn2c(C)nc(OCc3ccc(F)cc3F)c(Br)c2=O)cc1. The van der Waals surface area contributed by atoms with Gasteiger partial charge >= 0.3 is 0 Å². The van der Waals surface area contributed by atoms with Crippen molar-refractivity contribution in [2.45, 2.75) is 20.1 Å². The lowest BCUT2D eigenvalue weighted by atomic mass is 10.1. The number of halogens is 3. The summed E-state index contributed by atoms with van der Waals surface area (Å²) in [5.74, 6) is -1.15. The van der Waals surface area contributed by atoms with Crippen LogP contribution >= 0.6 is 15.9 Å². The van der Waals surface area contributed by atoms with Gasteiger partial charge in [-0.3, -0.25) is 14.2 Å². The van der Waals surface area contributed by atoms with Crippen molar-refractivity contribution in [3.05, 3.63) is 91.4 Å². The normalized spacial score (nSPS) is 10.9. The van der Waals surface area contributed by atoms with Crippen LogP contribution in [0.5, 0.6) is 5.88 Å². The molecule has 0 bridgehead atoms. The summed E-state index contributed by atoms with van der Waals surface area (Å²) in [5, 5.41) is 0. The highest BCUT2D eigenvalue weighted by atomic mass is 79.9. The second-order valence-electron chi connectivity index (χ2n) is 7.61. The number of carbonyl (C=O) groups is 1. The van der Waals surface area contributed by atoms with E-state index in [1.165, 1.54) is 10.6 Å². The first-order valence-corrected chi connectivity index (χ1v) is 11.2. The van der Waals surface area contributed by atoms with Gasteiger partial charge in [0.05, 0.1) is 13.2 Å². The molecule has 0 unspecified atom stereocenters. The number of hydrogen-bond acceptors (Lipinski definition) is 5. The summed E-state index contributed by atoms with van der Waals surface area (Å²) < 4.78 is 39.0. The van der Waals surface area contributed by atoms with Crippen LogP contribution in [0.1, 0.15) is 27.3 Å². The topological polar surface area (TPSA) is 73.7 Å². The molecule has 3 aromatic rings. The minimum Gasteiger partial charge on any atom is -0.472 e. The maximum absolute atomic E-state index is 13.8. The van der Waals surface area contributed by atoms with Gasteiger partial charge in [0.2, 0.25) is 5.88 Å². The van der Waals surface area contributed by atoms with Crippen LogP contribution in [0.2, 0.25) is 0 Å². The molecule has 2 aromatic carbocycles. The highest BCUT2D eigenvalue weighted by molar-refractivity contribution is 9.10. The third-order valence-corrected chi connectivity index (χ3v) is 5.85. The second kappa shape index (κ2) is 11.3. The highest BCUT2D eigenvalue weighted by Gasteiger charge is 2.16. The van der Waals surface area contributed by atoms with E-state index in [2.05, 4.69) is 20.9 Å². The van der Waals surface area contributed by atoms with Crippen molar-refractivity contribution in [1.82, 2.24) is 14.5 Å². The Kier molecular flexibility index (Phi) is 8.51. The molecule has 0 spiro atoms. The maximum Gasteiger partial charge on any atom is 0.272 e. The molecule has 0 aliphatic rings. The van der Waals surface area contributed by atoms with E-state index in [1.807, 2.05) is 0 Å². The smallest absolute Gasteiger partial charge is 0.272 e. The molecule has 0 fully saturated rings. The Hall–Kier alpha value is -3.11. The highest BCUT2D eigenvalue weighted by Crippen LogP contribution is 2.21. The summed E-state index contributed by atoms with van der Waals surface area (Å²) in [6, 6.07) is 10.1. The predicted octanol–water partition coefficient (Wildman–Crippen LogP) is 3.94. The molecule has 0 saturated carbocycles. The van der Waals surface area contributed by atoms with Crippen molar-refractivity contribution in [1.29, 1.82) is 0 Å². The van der Waals surface area contributed by atoms with Gasteiger partial charge in [0.15, 0.2) is 0 Å². The fourth-order valence-electron chi connectivity index (χ4n) is 3.17. The lowest BCUT2D eigenvalue weighted by Gasteiger charge is -2.17. The monoisotopic (exact) mass is 535 g/mol. The van der Waals surface area contributed by atoms with E-state index < -0.39 is 11.6 Å². The van der Waals surface area contributed by atoms with Crippen LogP contribution in [0.3, 0.4) is 0 Å². The van der Waals surface area contributed by atoms with E-state index >= 15 is 0 Å². The van der Waals surface area contributed by atoms with Gasteiger partial charge < -0.3 is 14.4 Å². The summed E-state index contributed by atoms with van der Waals surface area (Å²) in [6.45, 7) is 2.60. The van der Waals surface area contributed by atoms with Gasteiger partial charge in [-0.05, 0) is 52.7 Å². The van der Waals surface area contributed by atoms with Crippen molar-refractivity contribution in [2.24, 2.45) is 0 Å². The van der Waals surface area contributed by atoms with Crippen LogP contribution in [0, 0.1) is 18.6 Å². The van der Waals surface area contributed by atoms with Gasteiger partial charge in [-0.15, -0.1) is 0 Å². The van der Waals surface area contributed by atoms with Gasteiger partial charge in [-0.25, -0.2) is 8.78 Å². The molecule has 1 amide bonds. The number of nitrogens with zero attached hydrogens (tertiary/aromatic N) is 3. The zero-order valence-corrected chi connectivity index (χ0v) is 20.6. The molecule has 3 rings (SSSR count). The third-order valence-electron chi connectivity index (χ3n) is 5.17. The molecule has 34 heavy (non-hydrogen) atoms. The Bertz CT molecular complexity index is 1230. The average Bonchev–Trinajstić information content (AvgIpc) is 2.82. The van der Waals surface area contributed by atoms with Crippen LogP contribution in [0.25, 0.3) is 0 Å². The zero-order chi connectivity index (χ0) is 24.8. The van der Waals surface area contributed by atoms with E-state index in [1.54, 1.807) is 50.2 Å². The minimum absolute atomic E-state index is 0.0162. The van der Waals surface area contributed by atoms with Gasteiger partial charge in [-0.2, -0.15) is 4.98 Å². The minimum atomic E-state index is -0.743. The summed E-state index contributed by atoms with van der Waals surface area (Å²) in [7, 11) is 3.28. The van der Waals surface area contributed by atoms with Crippen molar-refractivity contribution >= 4 is 21.8 Å². The van der Waals surface area contributed by atoms with E-state index in [0.29, 0.717) is 24.5 Å². The van der Waals surface area contributed by atoms with Crippen molar-refractivity contribution in [3.8, 4) is 5.88 Å². The molecule has 0 aliphatic carbocycles. The maximum atomic E-state index is 13.8. The summed E-state index contributed by atoms with van der Waals surface area (Å²) in [4.78, 5) is 31.2. The van der Waals surface area contributed by atoms with Gasteiger partial charge in [-0.1, -0.05) is 12.1 Å². The van der Waals surface area contributed by atoms with Crippen molar-refractivity contribution in [2.75, 3.05) is 27.3 Å². The van der Waals surface area contributed by atoms with Crippen LogP contribution < -0.4 is 10.3 Å². The first kappa shape index (κ1) is 25.5. The molecule has 10 heteroatoms. The third kappa shape index (κ3) is 6.06. The van der Waals surface area contributed by atoms with Crippen LogP contribution in [-0.4, -0.2) is 47.7 Å². The molecule has 1 aromatic heterocycles. The molecule has 7 nitrogen and oxygen atoms in total. The number of aromatic nitrogens is 2. The molecule has 1 heterocycles. The first-order valence-electron chi connectivity index (χ1n) is 10.4. The summed E-state index contributed by atoms with van der Waals surface area (Å²) in [5.41, 5.74) is 1.10. The van der Waals surface area contributed by atoms with Crippen LogP contribution in [0.4, 0.5) is 8.78 Å².